The summed E-state index contributed by atoms with van der Waals surface area (Å²) in [4.78, 5) is 36.5. The molecule has 3 rings (SSSR count). The number of piperazine rings is 1. The number of carbonyl (C=O) groups excluding carboxylic acids is 2. The predicted octanol–water partition coefficient (Wildman–Crippen LogP) is 0.975. The number of carbonyl (C=O) groups is 2. The maximum Gasteiger partial charge on any atom is 0.251 e. The predicted molar refractivity (Wildman–Crippen MR) is 103 cm³/mol. The minimum absolute atomic E-state index is 0.0163. The summed E-state index contributed by atoms with van der Waals surface area (Å²) in [5, 5.41) is 2.69. The first-order chi connectivity index (χ1) is 13.4. The number of halogens is 1. The lowest BCUT2D eigenvalue weighted by molar-refractivity contribution is -0.131. The summed E-state index contributed by atoms with van der Waals surface area (Å²) in [6.45, 7) is 4.56. The van der Waals surface area contributed by atoms with Gasteiger partial charge in [0.1, 0.15) is 11.6 Å². The fourth-order valence-electron chi connectivity index (χ4n) is 3.07. The maximum atomic E-state index is 12.9. The van der Waals surface area contributed by atoms with Crippen LogP contribution in [-0.2, 0) is 4.79 Å². The highest BCUT2D eigenvalue weighted by molar-refractivity contribution is 5.94. The van der Waals surface area contributed by atoms with Gasteiger partial charge in [-0.3, -0.25) is 9.59 Å². The van der Waals surface area contributed by atoms with Crippen LogP contribution in [0, 0.1) is 12.7 Å². The zero-order chi connectivity index (χ0) is 20.1. The Bertz CT molecular complexity index is 830. The third-order valence-corrected chi connectivity index (χ3v) is 4.55. The van der Waals surface area contributed by atoms with Crippen LogP contribution in [0.15, 0.2) is 30.3 Å². The maximum absolute atomic E-state index is 12.9. The van der Waals surface area contributed by atoms with Crippen molar-refractivity contribution < 1.29 is 14.0 Å². The number of aromatic nitrogens is 2. The van der Waals surface area contributed by atoms with Crippen molar-refractivity contribution in [2.24, 2.45) is 0 Å². The number of nitrogens with two attached hydrogens (primary N) is 1. The molecule has 1 saturated heterocycles. The van der Waals surface area contributed by atoms with Crippen LogP contribution in [0.1, 0.15) is 22.5 Å². The molecule has 1 aliphatic heterocycles. The minimum Gasteiger partial charge on any atom is -0.368 e. The van der Waals surface area contributed by atoms with E-state index in [0.29, 0.717) is 31.7 Å². The molecule has 3 N–H and O–H groups in total. The van der Waals surface area contributed by atoms with Gasteiger partial charge < -0.3 is 20.9 Å². The first kappa shape index (κ1) is 19.5. The van der Waals surface area contributed by atoms with Crippen molar-refractivity contribution in [3.05, 3.63) is 47.4 Å². The first-order valence-electron chi connectivity index (χ1n) is 9.10. The molecule has 2 heterocycles. The molecule has 0 bridgehead atoms. The van der Waals surface area contributed by atoms with E-state index >= 15 is 0 Å². The molecule has 8 nitrogen and oxygen atoms in total. The number of aryl methyl sites for hydroxylation is 1. The van der Waals surface area contributed by atoms with Crippen LogP contribution < -0.4 is 16.0 Å². The monoisotopic (exact) mass is 386 g/mol. The van der Waals surface area contributed by atoms with Crippen LogP contribution in [0.4, 0.5) is 16.2 Å². The Hall–Kier alpha value is -3.23. The second-order valence-electron chi connectivity index (χ2n) is 6.61. The summed E-state index contributed by atoms with van der Waals surface area (Å²) < 4.78 is 12.9. The summed E-state index contributed by atoms with van der Waals surface area (Å²) in [6.07, 6.45) is 0.215. The van der Waals surface area contributed by atoms with Gasteiger partial charge in [0, 0.05) is 56.5 Å². The molecule has 148 valence electrons. The van der Waals surface area contributed by atoms with E-state index in [2.05, 4.69) is 20.2 Å². The molecular weight excluding hydrogens is 363 g/mol. The lowest BCUT2D eigenvalue weighted by Gasteiger charge is -2.35. The van der Waals surface area contributed by atoms with Crippen molar-refractivity contribution in [2.45, 2.75) is 13.3 Å². The van der Waals surface area contributed by atoms with Crippen molar-refractivity contribution in [2.75, 3.05) is 43.4 Å². The molecule has 0 saturated carbocycles. The average molecular weight is 386 g/mol. The Morgan fingerprint density at radius 2 is 1.82 bits per heavy atom. The van der Waals surface area contributed by atoms with Gasteiger partial charge in [-0.2, -0.15) is 4.98 Å². The Labute approximate surface area is 162 Å². The lowest BCUT2D eigenvalue weighted by Crippen LogP contribution is -2.49. The van der Waals surface area contributed by atoms with Gasteiger partial charge in [0.25, 0.3) is 5.91 Å². The zero-order valence-electron chi connectivity index (χ0n) is 15.7. The Morgan fingerprint density at radius 1 is 1.14 bits per heavy atom. The molecule has 0 unspecified atom stereocenters. The molecular formula is C19H23FN6O2. The van der Waals surface area contributed by atoms with Crippen LogP contribution in [0.25, 0.3) is 0 Å². The third-order valence-electron chi connectivity index (χ3n) is 4.55. The van der Waals surface area contributed by atoms with Gasteiger partial charge in [0.05, 0.1) is 0 Å². The molecule has 1 aromatic heterocycles. The lowest BCUT2D eigenvalue weighted by atomic mass is 10.2. The van der Waals surface area contributed by atoms with Crippen LogP contribution in [-0.4, -0.2) is 59.4 Å². The molecule has 0 atom stereocenters. The standard InChI is InChI=1S/C19H23FN6O2/c1-13-12-16(24-19(21)23-13)25-8-10-26(11-9-25)17(27)6-7-22-18(28)14-2-4-15(20)5-3-14/h2-5,12H,6-11H2,1H3,(H,22,28)(H2,21,23,24). The third kappa shape index (κ3) is 4.93. The van der Waals surface area contributed by atoms with Crippen molar-refractivity contribution in [1.29, 1.82) is 0 Å². The summed E-state index contributed by atoms with van der Waals surface area (Å²) in [5.41, 5.74) is 6.87. The number of nitrogens with one attached hydrogen (secondary N) is 1. The van der Waals surface area contributed by atoms with Crippen molar-refractivity contribution in [3.63, 3.8) is 0 Å². The second kappa shape index (κ2) is 8.64. The Morgan fingerprint density at radius 3 is 2.46 bits per heavy atom. The molecule has 2 amide bonds. The number of nitrogen functional groups attached to an aromatic ring is 1. The molecule has 2 aromatic rings. The van der Waals surface area contributed by atoms with E-state index in [1.165, 1.54) is 24.3 Å². The molecule has 1 aliphatic rings. The van der Waals surface area contributed by atoms with Crippen molar-refractivity contribution in [1.82, 2.24) is 20.2 Å². The molecule has 1 aromatic carbocycles. The number of benzene rings is 1. The van der Waals surface area contributed by atoms with E-state index in [9.17, 15) is 14.0 Å². The highest BCUT2D eigenvalue weighted by Crippen LogP contribution is 2.16. The van der Waals surface area contributed by atoms with Crippen molar-refractivity contribution in [3.8, 4) is 0 Å². The Balaban J connectivity index is 1.43. The van der Waals surface area contributed by atoms with Crippen LogP contribution in [0.2, 0.25) is 0 Å². The largest absolute Gasteiger partial charge is 0.368 e. The summed E-state index contributed by atoms with van der Waals surface area (Å²) in [6, 6.07) is 7.15. The van der Waals surface area contributed by atoms with Gasteiger partial charge in [0.2, 0.25) is 11.9 Å². The summed E-state index contributed by atoms with van der Waals surface area (Å²) in [5.74, 6) is 0.270. The smallest absolute Gasteiger partial charge is 0.251 e. The quantitative estimate of drug-likeness (QED) is 0.794. The summed E-state index contributed by atoms with van der Waals surface area (Å²) in [7, 11) is 0. The zero-order valence-corrected chi connectivity index (χ0v) is 15.7. The van der Waals surface area contributed by atoms with E-state index in [-0.39, 0.29) is 30.7 Å². The number of anilines is 2. The average Bonchev–Trinajstić information content (AvgIpc) is 2.67. The van der Waals surface area contributed by atoms with E-state index in [0.717, 1.165) is 11.5 Å². The fourth-order valence-corrected chi connectivity index (χ4v) is 3.07. The van der Waals surface area contributed by atoms with Gasteiger partial charge in [-0.1, -0.05) is 0 Å². The van der Waals surface area contributed by atoms with Crippen LogP contribution >= 0.6 is 0 Å². The van der Waals surface area contributed by atoms with Gasteiger partial charge in [-0.25, -0.2) is 9.37 Å². The van der Waals surface area contributed by atoms with Gasteiger partial charge in [0.15, 0.2) is 0 Å². The molecule has 0 aliphatic carbocycles. The highest BCUT2D eigenvalue weighted by atomic mass is 19.1. The fraction of sp³-hybridized carbons (Fsp3) is 0.368. The van der Waals surface area contributed by atoms with Gasteiger partial charge in [-0.05, 0) is 31.2 Å². The topological polar surface area (TPSA) is 104 Å². The minimum atomic E-state index is -0.398. The molecule has 0 spiro atoms. The Kier molecular flexibility index (Phi) is 6.03. The van der Waals surface area contributed by atoms with Gasteiger partial charge >= 0.3 is 0 Å². The van der Waals surface area contributed by atoms with E-state index in [4.69, 9.17) is 5.73 Å². The van der Waals surface area contributed by atoms with E-state index in [1.807, 2.05) is 13.0 Å². The molecule has 28 heavy (non-hydrogen) atoms. The molecule has 0 radical (unpaired) electrons. The number of amides is 2. The normalized spacial score (nSPS) is 14.1. The van der Waals surface area contributed by atoms with Crippen molar-refractivity contribution >= 4 is 23.6 Å². The van der Waals surface area contributed by atoms with Crippen LogP contribution in [0.5, 0.6) is 0 Å². The molecule has 9 heteroatoms. The second-order valence-corrected chi connectivity index (χ2v) is 6.61. The van der Waals surface area contributed by atoms with E-state index in [1.54, 1.807) is 4.90 Å². The number of nitrogens with zero attached hydrogens (tertiary/aromatic N) is 4. The first-order valence-corrected chi connectivity index (χ1v) is 9.10. The number of hydrogen-bond acceptors (Lipinski definition) is 6. The van der Waals surface area contributed by atoms with Gasteiger partial charge in [-0.15, -0.1) is 0 Å². The van der Waals surface area contributed by atoms with E-state index < -0.39 is 5.82 Å². The number of hydrogen-bond donors (Lipinski definition) is 2. The number of rotatable bonds is 5. The van der Waals surface area contributed by atoms with Crippen LogP contribution in [0.3, 0.4) is 0 Å². The molecule has 1 fully saturated rings. The summed E-state index contributed by atoms with van der Waals surface area (Å²) >= 11 is 0. The SMILES string of the molecule is Cc1cc(N2CCN(C(=O)CCNC(=O)c3ccc(F)cc3)CC2)nc(N)n1. The highest BCUT2D eigenvalue weighted by Gasteiger charge is 2.22.